The van der Waals surface area contributed by atoms with Crippen molar-refractivity contribution in [2.24, 2.45) is 5.92 Å². The molecule has 1 aromatic rings. The fourth-order valence-electron chi connectivity index (χ4n) is 2.81. The van der Waals surface area contributed by atoms with E-state index in [9.17, 15) is 13.2 Å². The van der Waals surface area contributed by atoms with E-state index in [4.69, 9.17) is 4.74 Å². The molecule has 2 nitrogen and oxygen atoms in total. The lowest BCUT2D eigenvalue weighted by molar-refractivity contribution is -0.137. The minimum Gasteiger partial charge on any atom is -0.379 e. The maximum Gasteiger partial charge on any atom is 0.416 e. The molecule has 0 radical (unpaired) electrons. The standard InChI is InChI=1S/C16H22F3NO/c1-20-15(11-21-10-12-5-2-3-6-12)13-7-4-8-14(9-13)16(17,18)19/h4,7-9,12,15,20H,2-3,5-6,10-11H2,1H3. The Balaban J connectivity index is 1.93. The van der Waals surface area contributed by atoms with Gasteiger partial charge in [0, 0.05) is 6.61 Å². The third kappa shape index (κ3) is 4.71. The SMILES string of the molecule is CNC(COCC1CCCC1)c1cccc(C(F)(F)F)c1. The first kappa shape index (κ1) is 16.3. The minimum atomic E-state index is -4.31. The number of nitrogens with one attached hydrogen (secondary N) is 1. The highest BCUT2D eigenvalue weighted by atomic mass is 19.4. The van der Waals surface area contributed by atoms with Gasteiger partial charge in [0.05, 0.1) is 18.2 Å². The first-order valence-electron chi connectivity index (χ1n) is 7.43. The van der Waals surface area contributed by atoms with Gasteiger partial charge < -0.3 is 10.1 Å². The first-order valence-corrected chi connectivity index (χ1v) is 7.43. The van der Waals surface area contributed by atoms with E-state index in [0.29, 0.717) is 24.7 Å². The van der Waals surface area contributed by atoms with Crippen molar-refractivity contribution in [3.05, 3.63) is 35.4 Å². The molecule has 1 atom stereocenters. The van der Waals surface area contributed by atoms with E-state index >= 15 is 0 Å². The zero-order chi connectivity index (χ0) is 15.3. The second kappa shape index (κ2) is 7.27. The van der Waals surface area contributed by atoms with Crippen LogP contribution in [0.25, 0.3) is 0 Å². The molecule has 0 bridgehead atoms. The van der Waals surface area contributed by atoms with Crippen LogP contribution in [0.1, 0.15) is 42.9 Å². The van der Waals surface area contributed by atoms with E-state index < -0.39 is 11.7 Å². The summed E-state index contributed by atoms with van der Waals surface area (Å²) >= 11 is 0. The van der Waals surface area contributed by atoms with E-state index in [1.165, 1.54) is 37.8 Å². The highest BCUT2D eigenvalue weighted by Crippen LogP contribution is 2.31. The van der Waals surface area contributed by atoms with Gasteiger partial charge in [-0.25, -0.2) is 0 Å². The van der Waals surface area contributed by atoms with Gasteiger partial charge in [-0.2, -0.15) is 13.2 Å². The average Bonchev–Trinajstić information content (AvgIpc) is 2.96. The number of halogens is 3. The summed E-state index contributed by atoms with van der Waals surface area (Å²) in [5.74, 6) is 0.615. The van der Waals surface area contributed by atoms with Crippen molar-refractivity contribution in [1.82, 2.24) is 5.32 Å². The van der Waals surface area contributed by atoms with Crippen LogP contribution in [0.4, 0.5) is 13.2 Å². The molecule has 118 valence electrons. The van der Waals surface area contributed by atoms with Crippen LogP contribution in [0.3, 0.4) is 0 Å². The quantitative estimate of drug-likeness (QED) is 0.851. The number of hydrogen-bond acceptors (Lipinski definition) is 2. The summed E-state index contributed by atoms with van der Waals surface area (Å²) in [5, 5.41) is 3.03. The zero-order valence-electron chi connectivity index (χ0n) is 12.2. The lowest BCUT2D eigenvalue weighted by Gasteiger charge is -2.19. The fraction of sp³-hybridized carbons (Fsp3) is 0.625. The van der Waals surface area contributed by atoms with Crippen molar-refractivity contribution >= 4 is 0 Å². The van der Waals surface area contributed by atoms with Crippen molar-refractivity contribution in [1.29, 1.82) is 0 Å². The molecule has 1 aliphatic rings. The predicted octanol–water partition coefficient (Wildman–Crippen LogP) is 4.17. The number of alkyl halides is 3. The summed E-state index contributed by atoms with van der Waals surface area (Å²) in [5.41, 5.74) is -0.00482. The molecule has 0 amide bonds. The molecule has 1 saturated carbocycles. The summed E-state index contributed by atoms with van der Waals surface area (Å²) in [6, 6.07) is 5.22. The number of ether oxygens (including phenoxy) is 1. The number of hydrogen-bond donors (Lipinski definition) is 1. The van der Waals surface area contributed by atoms with Gasteiger partial charge in [-0.1, -0.05) is 25.0 Å². The molecule has 0 saturated heterocycles. The summed E-state index contributed by atoms with van der Waals surface area (Å²) in [4.78, 5) is 0. The van der Waals surface area contributed by atoms with Crippen LogP contribution in [0.2, 0.25) is 0 Å². The van der Waals surface area contributed by atoms with Crippen LogP contribution in [0, 0.1) is 5.92 Å². The van der Waals surface area contributed by atoms with Crippen LogP contribution >= 0.6 is 0 Å². The number of rotatable bonds is 6. The molecule has 0 aromatic heterocycles. The van der Waals surface area contributed by atoms with Gasteiger partial charge in [-0.15, -0.1) is 0 Å². The van der Waals surface area contributed by atoms with Crippen LogP contribution < -0.4 is 5.32 Å². The van der Waals surface area contributed by atoms with Crippen molar-refractivity contribution in [2.75, 3.05) is 20.3 Å². The Kier molecular flexibility index (Phi) is 5.65. The number of likely N-dealkylation sites (N-methyl/N-ethyl adjacent to an activating group) is 1. The summed E-state index contributed by atoms with van der Waals surface area (Å²) in [6.45, 7) is 1.10. The Hall–Kier alpha value is -1.07. The summed E-state index contributed by atoms with van der Waals surface area (Å²) in [7, 11) is 1.74. The Labute approximate surface area is 123 Å². The molecule has 1 N–H and O–H groups in total. The van der Waals surface area contributed by atoms with Gasteiger partial charge >= 0.3 is 6.18 Å². The minimum absolute atomic E-state index is 0.214. The third-order valence-electron chi connectivity index (χ3n) is 4.08. The highest BCUT2D eigenvalue weighted by Gasteiger charge is 2.30. The van der Waals surface area contributed by atoms with E-state index in [0.717, 1.165) is 6.07 Å². The zero-order valence-corrected chi connectivity index (χ0v) is 12.2. The van der Waals surface area contributed by atoms with Crippen molar-refractivity contribution in [2.45, 2.75) is 37.9 Å². The maximum absolute atomic E-state index is 12.7. The summed E-state index contributed by atoms with van der Waals surface area (Å²) in [6.07, 6.45) is 0.620. The molecule has 0 aliphatic heterocycles. The molecule has 21 heavy (non-hydrogen) atoms. The smallest absolute Gasteiger partial charge is 0.379 e. The highest BCUT2D eigenvalue weighted by molar-refractivity contribution is 5.28. The van der Waals surface area contributed by atoms with Crippen molar-refractivity contribution in [3.63, 3.8) is 0 Å². The number of benzene rings is 1. The van der Waals surface area contributed by atoms with Gasteiger partial charge in [0.2, 0.25) is 0 Å². The fourth-order valence-corrected chi connectivity index (χ4v) is 2.81. The molecular formula is C16H22F3NO. The molecule has 2 rings (SSSR count). The maximum atomic E-state index is 12.7. The molecule has 5 heteroatoms. The van der Waals surface area contributed by atoms with Gasteiger partial charge in [0.1, 0.15) is 0 Å². The molecule has 1 aliphatic carbocycles. The molecule has 1 fully saturated rings. The monoisotopic (exact) mass is 301 g/mol. The largest absolute Gasteiger partial charge is 0.416 e. The van der Waals surface area contributed by atoms with Crippen LogP contribution in [0.5, 0.6) is 0 Å². The van der Waals surface area contributed by atoms with E-state index in [1.807, 2.05) is 0 Å². The second-order valence-electron chi connectivity index (χ2n) is 5.65. The topological polar surface area (TPSA) is 21.3 Å². The summed E-state index contributed by atoms with van der Waals surface area (Å²) < 4.78 is 43.9. The normalized spacial score (nSPS) is 18.1. The Morgan fingerprint density at radius 3 is 2.62 bits per heavy atom. The third-order valence-corrected chi connectivity index (χ3v) is 4.08. The van der Waals surface area contributed by atoms with Crippen molar-refractivity contribution < 1.29 is 17.9 Å². The van der Waals surface area contributed by atoms with Gasteiger partial charge in [0.25, 0.3) is 0 Å². The molecule has 1 aromatic carbocycles. The predicted molar refractivity (Wildman–Crippen MR) is 76.0 cm³/mol. The van der Waals surface area contributed by atoms with Gasteiger partial charge in [-0.3, -0.25) is 0 Å². The van der Waals surface area contributed by atoms with E-state index in [-0.39, 0.29) is 6.04 Å². The molecular weight excluding hydrogens is 279 g/mol. The lowest BCUT2D eigenvalue weighted by atomic mass is 10.0. The van der Waals surface area contributed by atoms with E-state index in [2.05, 4.69) is 5.32 Å². The molecule has 0 heterocycles. The Morgan fingerprint density at radius 1 is 1.29 bits per heavy atom. The van der Waals surface area contributed by atoms with Crippen LogP contribution in [0.15, 0.2) is 24.3 Å². The van der Waals surface area contributed by atoms with E-state index in [1.54, 1.807) is 13.1 Å². The van der Waals surface area contributed by atoms with Crippen LogP contribution in [-0.4, -0.2) is 20.3 Å². The average molecular weight is 301 g/mol. The van der Waals surface area contributed by atoms with Crippen LogP contribution in [-0.2, 0) is 10.9 Å². The Bertz CT molecular complexity index is 441. The first-order chi connectivity index (χ1) is 10.0. The van der Waals surface area contributed by atoms with Crippen molar-refractivity contribution in [3.8, 4) is 0 Å². The molecule has 0 spiro atoms. The Morgan fingerprint density at radius 2 is 2.00 bits per heavy atom. The van der Waals surface area contributed by atoms with Gasteiger partial charge in [-0.05, 0) is 43.5 Å². The second-order valence-corrected chi connectivity index (χ2v) is 5.65. The molecule has 1 unspecified atom stereocenters. The van der Waals surface area contributed by atoms with Gasteiger partial charge in [0.15, 0.2) is 0 Å². The lowest BCUT2D eigenvalue weighted by Crippen LogP contribution is -2.23.